The summed E-state index contributed by atoms with van der Waals surface area (Å²) < 4.78 is 0. The SMILES string of the molecule is C=C(C)C[C@@H](NC(=O)Cc1cccc([N+](=O)[O-])c1)C(=O)O. The van der Waals surface area contributed by atoms with E-state index in [-0.39, 0.29) is 18.5 Å². The van der Waals surface area contributed by atoms with Crippen LogP contribution in [0.3, 0.4) is 0 Å². The van der Waals surface area contributed by atoms with Crippen LogP contribution >= 0.6 is 0 Å². The smallest absolute Gasteiger partial charge is 0.326 e. The first-order valence-electron chi connectivity index (χ1n) is 6.19. The number of aliphatic carboxylic acids is 1. The Hall–Kier alpha value is -2.70. The fourth-order valence-electron chi connectivity index (χ4n) is 1.76. The Labute approximate surface area is 121 Å². The van der Waals surface area contributed by atoms with Gasteiger partial charge >= 0.3 is 5.97 Å². The van der Waals surface area contributed by atoms with Crippen molar-refractivity contribution in [2.45, 2.75) is 25.8 Å². The van der Waals surface area contributed by atoms with E-state index in [2.05, 4.69) is 11.9 Å². The third kappa shape index (κ3) is 5.43. The van der Waals surface area contributed by atoms with Gasteiger partial charge in [0.2, 0.25) is 5.91 Å². The molecule has 0 heterocycles. The van der Waals surface area contributed by atoms with E-state index in [1.165, 1.54) is 18.2 Å². The molecule has 1 rings (SSSR count). The fraction of sp³-hybridized carbons (Fsp3) is 0.286. The zero-order valence-electron chi connectivity index (χ0n) is 11.5. The number of nitro groups is 1. The number of amides is 1. The van der Waals surface area contributed by atoms with E-state index < -0.39 is 22.8 Å². The van der Waals surface area contributed by atoms with Crippen molar-refractivity contribution in [1.29, 1.82) is 0 Å². The van der Waals surface area contributed by atoms with Crippen LogP contribution in [-0.2, 0) is 16.0 Å². The van der Waals surface area contributed by atoms with Gasteiger partial charge in [0.05, 0.1) is 11.3 Å². The van der Waals surface area contributed by atoms with E-state index in [9.17, 15) is 19.7 Å². The lowest BCUT2D eigenvalue weighted by Crippen LogP contribution is -2.41. The van der Waals surface area contributed by atoms with Crippen molar-refractivity contribution in [3.8, 4) is 0 Å². The van der Waals surface area contributed by atoms with E-state index >= 15 is 0 Å². The highest BCUT2D eigenvalue weighted by Crippen LogP contribution is 2.13. The van der Waals surface area contributed by atoms with Gasteiger partial charge in [-0.3, -0.25) is 14.9 Å². The van der Waals surface area contributed by atoms with Gasteiger partial charge in [-0.05, 0) is 18.9 Å². The molecule has 1 aromatic carbocycles. The van der Waals surface area contributed by atoms with Crippen molar-refractivity contribution >= 4 is 17.6 Å². The molecule has 0 aliphatic heterocycles. The van der Waals surface area contributed by atoms with Crippen LogP contribution < -0.4 is 5.32 Å². The summed E-state index contributed by atoms with van der Waals surface area (Å²) in [5.41, 5.74) is 0.969. The summed E-state index contributed by atoms with van der Waals surface area (Å²) in [5.74, 6) is -1.66. The fourth-order valence-corrected chi connectivity index (χ4v) is 1.76. The number of nitro benzene ring substituents is 1. The summed E-state index contributed by atoms with van der Waals surface area (Å²) in [6.07, 6.45) is 0.0116. The molecule has 1 atom stereocenters. The molecule has 1 aromatic rings. The molecule has 0 saturated heterocycles. The van der Waals surface area contributed by atoms with E-state index in [4.69, 9.17) is 5.11 Å². The number of non-ortho nitro benzene ring substituents is 1. The highest BCUT2D eigenvalue weighted by molar-refractivity contribution is 5.85. The second kappa shape index (κ2) is 7.18. The third-order valence-corrected chi connectivity index (χ3v) is 2.67. The quantitative estimate of drug-likeness (QED) is 0.451. The Morgan fingerprint density at radius 2 is 2.14 bits per heavy atom. The van der Waals surface area contributed by atoms with Crippen molar-refractivity contribution in [1.82, 2.24) is 5.32 Å². The number of benzene rings is 1. The molecule has 7 nitrogen and oxygen atoms in total. The maximum absolute atomic E-state index is 11.8. The monoisotopic (exact) mass is 292 g/mol. The van der Waals surface area contributed by atoms with Crippen molar-refractivity contribution in [2.24, 2.45) is 0 Å². The minimum Gasteiger partial charge on any atom is -0.480 e. The zero-order valence-corrected chi connectivity index (χ0v) is 11.5. The number of nitrogens with zero attached hydrogens (tertiary/aromatic N) is 1. The Balaban J connectivity index is 2.72. The van der Waals surface area contributed by atoms with Gasteiger partial charge in [0, 0.05) is 12.1 Å². The molecule has 0 aromatic heterocycles. The molecule has 1 amide bonds. The molecule has 0 spiro atoms. The van der Waals surface area contributed by atoms with Gasteiger partial charge in [0.15, 0.2) is 0 Å². The zero-order chi connectivity index (χ0) is 16.0. The van der Waals surface area contributed by atoms with Crippen LogP contribution in [0.5, 0.6) is 0 Å². The van der Waals surface area contributed by atoms with Gasteiger partial charge in [-0.2, -0.15) is 0 Å². The Morgan fingerprint density at radius 3 is 2.67 bits per heavy atom. The van der Waals surface area contributed by atoms with Gasteiger partial charge in [-0.15, -0.1) is 6.58 Å². The van der Waals surface area contributed by atoms with E-state index in [0.29, 0.717) is 11.1 Å². The molecule has 2 N–H and O–H groups in total. The highest BCUT2D eigenvalue weighted by atomic mass is 16.6. The number of carboxylic acid groups (broad SMARTS) is 1. The minimum atomic E-state index is -1.15. The van der Waals surface area contributed by atoms with Gasteiger partial charge in [0.25, 0.3) is 5.69 Å². The van der Waals surface area contributed by atoms with Crippen LogP contribution in [0.2, 0.25) is 0 Å². The number of rotatable bonds is 7. The molecule has 0 bridgehead atoms. The van der Waals surface area contributed by atoms with E-state index in [1.54, 1.807) is 13.0 Å². The first-order valence-corrected chi connectivity index (χ1v) is 6.19. The normalized spacial score (nSPS) is 11.5. The molecular weight excluding hydrogens is 276 g/mol. The van der Waals surface area contributed by atoms with Crippen molar-refractivity contribution in [3.63, 3.8) is 0 Å². The van der Waals surface area contributed by atoms with Crippen molar-refractivity contribution < 1.29 is 19.6 Å². The minimum absolute atomic E-state index is 0.114. The molecule has 21 heavy (non-hydrogen) atoms. The molecule has 0 saturated carbocycles. The molecule has 112 valence electrons. The predicted molar refractivity (Wildman–Crippen MR) is 75.8 cm³/mol. The first-order chi connectivity index (χ1) is 9.79. The van der Waals surface area contributed by atoms with Gasteiger partial charge in [0.1, 0.15) is 6.04 Å². The number of hydrogen-bond donors (Lipinski definition) is 2. The molecule has 0 unspecified atom stereocenters. The molecule has 0 fully saturated rings. The average Bonchev–Trinajstić information content (AvgIpc) is 2.37. The van der Waals surface area contributed by atoms with Gasteiger partial charge in [-0.1, -0.05) is 17.7 Å². The van der Waals surface area contributed by atoms with Crippen LogP contribution in [0.25, 0.3) is 0 Å². The molecule has 0 aliphatic carbocycles. The Morgan fingerprint density at radius 1 is 1.48 bits per heavy atom. The second-order valence-corrected chi connectivity index (χ2v) is 4.72. The van der Waals surface area contributed by atoms with E-state index in [1.807, 2.05) is 0 Å². The summed E-state index contributed by atoms with van der Waals surface area (Å²) in [4.78, 5) is 32.9. The van der Waals surface area contributed by atoms with Crippen LogP contribution in [0, 0.1) is 10.1 Å². The number of carbonyl (C=O) groups is 2. The summed E-state index contributed by atoms with van der Waals surface area (Å²) in [6, 6.07) is 4.61. The Kier molecular flexibility index (Phi) is 5.59. The lowest BCUT2D eigenvalue weighted by molar-refractivity contribution is -0.384. The largest absolute Gasteiger partial charge is 0.480 e. The lowest BCUT2D eigenvalue weighted by atomic mass is 10.1. The predicted octanol–water partition coefficient (Wildman–Crippen LogP) is 1.67. The summed E-state index contributed by atoms with van der Waals surface area (Å²) in [6.45, 7) is 5.28. The van der Waals surface area contributed by atoms with Crippen LogP contribution in [0.4, 0.5) is 5.69 Å². The highest BCUT2D eigenvalue weighted by Gasteiger charge is 2.20. The standard InChI is InChI=1S/C14H16N2O5/c1-9(2)6-12(14(18)19)15-13(17)8-10-4-3-5-11(7-10)16(20)21/h3-5,7,12H,1,6,8H2,2H3,(H,15,17)(H,18,19)/t12-/m1/s1. The van der Waals surface area contributed by atoms with Crippen molar-refractivity contribution in [2.75, 3.05) is 0 Å². The number of hydrogen-bond acceptors (Lipinski definition) is 4. The number of carboxylic acids is 1. The van der Waals surface area contributed by atoms with Crippen molar-refractivity contribution in [3.05, 3.63) is 52.1 Å². The van der Waals surface area contributed by atoms with Gasteiger partial charge < -0.3 is 10.4 Å². The lowest BCUT2D eigenvalue weighted by Gasteiger charge is -2.14. The first kappa shape index (κ1) is 16.4. The molecule has 0 aliphatic rings. The molecule has 7 heteroatoms. The average molecular weight is 292 g/mol. The molecular formula is C14H16N2O5. The maximum atomic E-state index is 11.8. The number of nitrogens with one attached hydrogen (secondary N) is 1. The maximum Gasteiger partial charge on any atom is 0.326 e. The second-order valence-electron chi connectivity index (χ2n) is 4.72. The van der Waals surface area contributed by atoms with Crippen LogP contribution in [-0.4, -0.2) is 27.9 Å². The van der Waals surface area contributed by atoms with Gasteiger partial charge in [-0.25, -0.2) is 4.79 Å². The summed E-state index contributed by atoms with van der Waals surface area (Å²) in [7, 11) is 0. The topological polar surface area (TPSA) is 110 Å². The third-order valence-electron chi connectivity index (χ3n) is 2.67. The Bertz CT molecular complexity index is 582. The summed E-state index contributed by atoms with van der Waals surface area (Å²) in [5, 5.41) is 22.0. The van der Waals surface area contributed by atoms with Crippen LogP contribution in [0.1, 0.15) is 18.9 Å². The number of carbonyl (C=O) groups excluding carboxylic acids is 1. The summed E-state index contributed by atoms with van der Waals surface area (Å²) >= 11 is 0. The van der Waals surface area contributed by atoms with Crippen LogP contribution in [0.15, 0.2) is 36.4 Å². The molecule has 0 radical (unpaired) electrons. The van der Waals surface area contributed by atoms with E-state index in [0.717, 1.165) is 0 Å².